The molecular formula is C21H29N7O2S2. The van der Waals surface area contributed by atoms with Crippen molar-refractivity contribution < 1.29 is 8.42 Å². The third-order valence-corrected chi connectivity index (χ3v) is 9.35. The number of nitrogens with two attached hydrogens (primary N) is 1. The van der Waals surface area contributed by atoms with E-state index in [1.165, 1.54) is 23.6 Å². The topological polar surface area (TPSA) is 119 Å². The minimum atomic E-state index is -3.23. The van der Waals surface area contributed by atoms with Gasteiger partial charge in [0, 0.05) is 37.4 Å². The Morgan fingerprint density at radius 1 is 1.25 bits per heavy atom. The predicted molar refractivity (Wildman–Crippen MR) is 127 cm³/mol. The summed E-state index contributed by atoms with van der Waals surface area (Å²) in [5, 5.41) is 10.1. The molecule has 1 saturated heterocycles. The predicted octanol–water partition coefficient (Wildman–Crippen LogP) is 2.62. The molecule has 3 N–H and O–H groups in total. The van der Waals surface area contributed by atoms with Crippen molar-refractivity contribution in [2.45, 2.75) is 50.6 Å². The highest BCUT2D eigenvalue weighted by Gasteiger charge is 2.48. The van der Waals surface area contributed by atoms with Crippen LogP contribution >= 0.6 is 11.3 Å². The zero-order valence-corrected chi connectivity index (χ0v) is 19.8. The molecule has 2 aliphatic rings. The van der Waals surface area contributed by atoms with Crippen molar-refractivity contribution in [1.82, 2.24) is 24.1 Å². The lowest BCUT2D eigenvalue weighted by Crippen LogP contribution is -2.67. The molecule has 1 aliphatic heterocycles. The van der Waals surface area contributed by atoms with Crippen LogP contribution in [0.1, 0.15) is 39.0 Å². The fourth-order valence-corrected chi connectivity index (χ4v) is 6.70. The summed E-state index contributed by atoms with van der Waals surface area (Å²) >= 11 is 1.61. The van der Waals surface area contributed by atoms with Crippen molar-refractivity contribution in [2.75, 3.05) is 30.7 Å². The molecule has 9 nitrogen and oxygen atoms in total. The van der Waals surface area contributed by atoms with Crippen LogP contribution in [0.2, 0.25) is 0 Å². The zero-order chi connectivity index (χ0) is 22.3. The normalized spacial score (nSPS) is 19.8. The van der Waals surface area contributed by atoms with E-state index in [0.717, 1.165) is 34.3 Å². The summed E-state index contributed by atoms with van der Waals surface area (Å²) in [6.07, 6.45) is 9.80. The van der Waals surface area contributed by atoms with Crippen molar-refractivity contribution in [2.24, 2.45) is 5.73 Å². The average Bonchev–Trinajstić information content (AvgIpc) is 3.44. The zero-order valence-electron chi connectivity index (χ0n) is 18.2. The van der Waals surface area contributed by atoms with Gasteiger partial charge in [0.1, 0.15) is 5.54 Å². The number of nitrogens with zero attached hydrogens (tertiary/aromatic N) is 5. The second-order valence-corrected chi connectivity index (χ2v) is 12.0. The highest BCUT2D eigenvalue weighted by Crippen LogP contribution is 2.35. The molecule has 3 aromatic heterocycles. The molecule has 1 aliphatic carbocycles. The molecule has 0 aromatic carbocycles. The molecule has 3 aromatic rings. The van der Waals surface area contributed by atoms with Crippen LogP contribution in [0.5, 0.6) is 0 Å². The summed E-state index contributed by atoms with van der Waals surface area (Å²) in [7, 11) is -3.23. The van der Waals surface area contributed by atoms with E-state index in [1.54, 1.807) is 24.5 Å². The van der Waals surface area contributed by atoms with Gasteiger partial charge in [-0.25, -0.2) is 18.4 Å². The number of rotatable bonds is 7. The summed E-state index contributed by atoms with van der Waals surface area (Å²) in [5.74, 6) is 0.745. The first kappa shape index (κ1) is 21.7. The van der Waals surface area contributed by atoms with E-state index in [9.17, 15) is 8.42 Å². The molecule has 0 bridgehead atoms. The maximum atomic E-state index is 12.2. The second kappa shape index (κ2) is 8.36. The lowest BCUT2D eigenvalue weighted by atomic mass is 9.93. The van der Waals surface area contributed by atoms with Crippen LogP contribution in [-0.2, 0) is 15.6 Å². The van der Waals surface area contributed by atoms with Gasteiger partial charge in [0.15, 0.2) is 0 Å². The molecule has 32 heavy (non-hydrogen) atoms. The number of aromatic nitrogens is 4. The summed E-state index contributed by atoms with van der Waals surface area (Å²) in [6, 6.07) is 2.43. The lowest BCUT2D eigenvalue weighted by molar-refractivity contribution is 0.0759. The van der Waals surface area contributed by atoms with E-state index in [0.29, 0.717) is 31.6 Å². The fourth-order valence-electron chi connectivity index (χ4n) is 4.61. The van der Waals surface area contributed by atoms with Crippen LogP contribution in [0, 0.1) is 0 Å². The average molecular weight is 476 g/mol. The Kier molecular flexibility index (Phi) is 5.68. The number of thiophene rings is 1. The van der Waals surface area contributed by atoms with Crippen molar-refractivity contribution in [3.63, 3.8) is 0 Å². The monoisotopic (exact) mass is 475 g/mol. The Morgan fingerprint density at radius 3 is 2.75 bits per heavy atom. The van der Waals surface area contributed by atoms with Crippen molar-refractivity contribution >= 4 is 37.5 Å². The molecule has 0 spiro atoms. The minimum absolute atomic E-state index is 0.0894. The van der Waals surface area contributed by atoms with Crippen molar-refractivity contribution in [3.8, 4) is 11.3 Å². The fraction of sp³-hybridized carbons (Fsp3) is 0.571. The van der Waals surface area contributed by atoms with E-state index in [-0.39, 0.29) is 5.75 Å². The first-order chi connectivity index (χ1) is 15.4. The number of hydrogen-bond donors (Lipinski definition) is 2. The van der Waals surface area contributed by atoms with Crippen molar-refractivity contribution in [1.29, 1.82) is 0 Å². The van der Waals surface area contributed by atoms with Crippen LogP contribution in [0.4, 0.5) is 5.95 Å². The van der Waals surface area contributed by atoms with Crippen LogP contribution in [0.3, 0.4) is 0 Å². The molecule has 2 fully saturated rings. The van der Waals surface area contributed by atoms with Gasteiger partial charge < -0.3 is 11.1 Å². The van der Waals surface area contributed by atoms with Crippen molar-refractivity contribution in [3.05, 3.63) is 23.8 Å². The summed E-state index contributed by atoms with van der Waals surface area (Å²) in [5.41, 5.74) is 8.21. The number of sulfonamides is 1. The highest BCUT2D eigenvalue weighted by atomic mass is 32.2. The van der Waals surface area contributed by atoms with Gasteiger partial charge in [-0.15, -0.1) is 11.3 Å². The van der Waals surface area contributed by atoms with Gasteiger partial charge in [-0.1, -0.05) is 19.3 Å². The lowest BCUT2D eigenvalue weighted by Gasteiger charge is -2.48. The Balaban J connectivity index is 1.44. The molecule has 172 valence electrons. The highest BCUT2D eigenvalue weighted by molar-refractivity contribution is 7.89. The van der Waals surface area contributed by atoms with E-state index in [1.807, 2.05) is 22.3 Å². The number of nitrogens with one attached hydrogen (secondary N) is 1. The summed E-state index contributed by atoms with van der Waals surface area (Å²) in [4.78, 5) is 9.60. The number of hydrogen-bond acceptors (Lipinski definition) is 8. The Bertz CT molecular complexity index is 1210. The molecule has 1 saturated carbocycles. The minimum Gasteiger partial charge on any atom is -0.351 e. The van der Waals surface area contributed by atoms with E-state index in [4.69, 9.17) is 15.7 Å². The van der Waals surface area contributed by atoms with Crippen LogP contribution in [-0.4, -0.2) is 63.9 Å². The molecule has 0 atom stereocenters. The molecule has 11 heteroatoms. The maximum Gasteiger partial charge on any atom is 0.224 e. The first-order valence-electron chi connectivity index (χ1n) is 11.2. The smallest absolute Gasteiger partial charge is 0.224 e. The molecule has 0 amide bonds. The molecule has 5 rings (SSSR count). The third-order valence-electron chi connectivity index (χ3n) is 6.66. The molecule has 4 heterocycles. The standard InChI is InChI=1S/C21H29N7O2S2/c1-2-32(29,30)27-13-21(12-22,14-27)28-11-15(10-23-28)18-19-17(8-9-31-19)25-20(26-18)24-16-6-4-3-5-7-16/h8-11,16H,2-7,12-14,22H2,1H3,(H,24,25,26). The third kappa shape index (κ3) is 3.81. The SMILES string of the molecule is CCS(=O)(=O)N1CC(CN)(n2cc(-c3nc(NC4CCCCC4)nc4ccsc34)cn2)C1. The quantitative estimate of drug-likeness (QED) is 0.539. The molecule has 0 unspecified atom stereocenters. The molecule has 0 radical (unpaired) electrons. The summed E-state index contributed by atoms with van der Waals surface area (Å²) < 4.78 is 28.7. The Hall–Kier alpha value is -2.08. The van der Waals surface area contributed by atoms with Gasteiger partial charge in [-0.2, -0.15) is 9.40 Å². The van der Waals surface area contributed by atoms with Crippen LogP contribution < -0.4 is 11.1 Å². The van der Waals surface area contributed by atoms with E-state index < -0.39 is 15.6 Å². The summed E-state index contributed by atoms with van der Waals surface area (Å²) in [6.45, 7) is 2.65. The maximum absolute atomic E-state index is 12.2. The first-order valence-corrected chi connectivity index (χ1v) is 13.7. The van der Waals surface area contributed by atoms with Crippen LogP contribution in [0.15, 0.2) is 23.8 Å². The van der Waals surface area contributed by atoms with E-state index >= 15 is 0 Å². The largest absolute Gasteiger partial charge is 0.351 e. The van der Waals surface area contributed by atoms with Gasteiger partial charge in [0.25, 0.3) is 0 Å². The van der Waals surface area contributed by atoms with Gasteiger partial charge in [0.2, 0.25) is 16.0 Å². The number of anilines is 1. The van der Waals surface area contributed by atoms with E-state index in [2.05, 4.69) is 10.4 Å². The Labute approximate surface area is 192 Å². The Morgan fingerprint density at radius 2 is 2.03 bits per heavy atom. The van der Waals surface area contributed by atoms with Gasteiger partial charge >= 0.3 is 0 Å². The van der Waals surface area contributed by atoms with Crippen LogP contribution in [0.25, 0.3) is 21.5 Å². The van der Waals surface area contributed by atoms with Gasteiger partial charge in [-0.3, -0.25) is 4.68 Å². The molecular weight excluding hydrogens is 446 g/mol. The number of fused-ring (bicyclic) bond motifs is 1. The van der Waals surface area contributed by atoms with Gasteiger partial charge in [-0.05, 0) is 31.2 Å². The van der Waals surface area contributed by atoms with Gasteiger partial charge in [0.05, 0.1) is 27.9 Å². The second-order valence-electron chi connectivity index (χ2n) is 8.78.